The predicted octanol–water partition coefficient (Wildman–Crippen LogP) is 3.61. The molecule has 0 aromatic rings. The third kappa shape index (κ3) is 5.27. The summed E-state index contributed by atoms with van der Waals surface area (Å²) >= 11 is 0. The van der Waals surface area contributed by atoms with Gasteiger partial charge < -0.3 is 10.1 Å². The van der Waals surface area contributed by atoms with Crippen molar-refractivity contribution in [3.05, 3.63) is 0 Å². The lowest BCUT2D eigenvalue weighted by molar-refractivity contribution is 0.0899. The average molecular weight is 253 g/mol. The van der Waals surface area contributed by atoms with Crippen LogP contribution in [0.3, 0.4) is 0 Å². The SMILES string of the molecule is CC(C)COCCC(CNC1CC1)C1CCCC1. The van der Waals surface area contributed by atoms with Gasteiger partial charge in [-0.05, 0) is 43.6 Å². The van der Waals surface area contributed by atoms with Gasteiger partial charge in [0, 0.05) is 19.3 Å². The fourth-order valence-electron chi connectivity index (χ4n) is 3.09. The quantitative estimate of drug-likeness (QED) is 0.634. The first-order valence-electron chi connectivity index (χ1n) is 8.07. The van der Waals surface area contributed by atoms with E-state index >= 15 is 0 Å². The van der Waals surface area contributed by atoms with Gasteiger partial charge in [-0.15, -0.1) is 0 Å². The number of nitrogens with one attached hydrogen (secondary N) is 1. The second-order valence-electron chi connectivity index (χ2n) is 6.74. The van der Waals surface area contributed by atoms with E-state index in [0.29, 0.717) is 5.92 Å². The van der Waals surface area contributed by atoms with E-state index in [4.69, 9.17) is 4.74 Å². The Balaban J connectivity index is 1.65. The summed E-state index contributed by atoms with van der Waals surface area (Å²) in [5.74, 6) is 2.50. The molecule has 0 heterocycles. The largest absolute Gasteiger partial charge is 0.381 e. The number of hydrogen-bond acceptors (Lipinski definition) is 2. The Kier molecular flexibility index (Phi) is 5.97. The van der Waals surface area contributed by atoms with E-state index in [1.54, 1.807) is 0 Å². The zero-order valence-electron chi connectivity index (χ0n) is 12.3. The lowest BCUT2D eigenvalue weighted by Crippen LogP contribution is -2.29. The number of hydrogen-bond donors (Lipinski definition) is 1. The van der Waals surface area contributed by atoms with Gasteiger partial charge in [-0.1, -0.05) is 39.5 Å². The Labute approximate surface area is 113 Å². The van der Waals surface area contributed by atoms with Gasteiger partial charge in [-0.3, -0.25) is 0 Å². The molecule has 0 saturated heterocycles. The van der Waals surface area contributed by atoms with Crippen LogP contribution < -0.4 is 5.32 Å². The Morgan fingerprint density at radius 1 is 1.11 bits per heavy atom. The second-order valence-corrected chi connectivity index (χ2v) is 6.74. The summed E-state index contributed by atoms with van der Waals surface area (Å²) in [5, 5.41) is 3.73. The van der Waals surface area contributed by atoms with Crippen molar-refractivity contribution in [3.8, 4) is 0 Å². The Morgan fingerprint density at radius 3 is 2.44 bits per heavy atom. The van der Waals surface area contributed by atoms with E-state index in [2.05, 4.69) is 19.2 Å². The van der Waals surface area contributed by atoms with Crippen LogP contribution in [0.5, 0.6) is 0 Å². The van der Waals surface area contributed by atoms with Crippen LogP contribution >= 0.6 is 0 Å². The van der Waals surface area contributed by atoms with E-state index in [9.17, 15) is 0 Å². The molecule has 106 valence electrons. The van der Waals surface area contributed by atoms with Crippen LogP contribution in [0.2, 0.25) is 0 Å². The smallest absolute Gasteiger partial charge is 0.0488 e. The van der Waals surface area contributed by atoms with Crippen LogP contribution in [-0.2, 0) is 4.74 Å². The van der Waals surface area contributed by atoms with Crippen molar-refractivity contribution in [2.24, 2.45) is 17.8 Å². The van der Waals surface area contributed by atoms with Crippen molar-refractivity contribution in [2.45, 2.75) is 64.8 Å². The van der Waals surface area contributed by atoms with Crippen LogP contribution in [0.4, 0.5) is 0 Å². The summed E-state index contributed by atoms with van der Waals surface area (Å²) in [6, 6.07) is 0.852. The molecule has 0 aromatic heterocycles. The third-order valence-corrected chi connectivity index (χ3v) is 4.40. The summed E-state index contributed by atoms with van der Waals surface area (Å²) in [6.07, 6.45) is 9.90. The first-order chi connectivity index (χ1) is 8.75. The molecule has 2 aliphatic rings. The maximum absolute atomic E-state index is 5.78. The molecule has 1 unspecified atom stereocenters. The molecule has 1 N–H and O–H groups in total. The first kappa shape index (κ1) is 14.3. The number of ether oxygens (including phenoxy) is 1. The highest BCUT2D eigenvalue weighted by Crippen LogP contribution is 2.33. The van der Waals surface area contributed by atoms with E-state index < -0.39 is 0 Å². The van der Waals surface area contributed by atoms with Crippen LogP contribution in [0, 0.1) is 17.8 Å². The molecule has 0 bridgehead atoms. The van der Waals surface area contributed by atoms with E-state index in [0.717, 1.165) is 31.1 Å². The molecule has 2 saturated carbocycles. The van der Waals surface area contributed by atoms with Gasteiger partial charge in [-0.2, -0.15) is 0 Å². The van der Waals surface area contributed by atoms with Gasteiger partial charge in [-0.25, -0.2) is 0 Å². The van der Waals surface area contributed by atoms with Crippen LogP contribution in [0.1, 0.15) is 58.8 Å². The highest BCUT2D eigenvalue weighted by atomic mass is 16.5. The first-order valence-corrected chi connectivity index (χ1v) is 8.07. The Bertz CT molecular complexity index is 219. The second kappa shape index (κ2) is 7.49. The lowest BCUT2D eigenvalue weighted by Gasteiger charge is -2.24. The minimum absolute atomic E-state index is 0.666. The minimum atomic E-state index is 0.666. The molecule has 2 aliphatic carbocycles. The van der Waals surface area contributed by atoms with Crippen molar-refractivity contribution in [1.82, 2.24) is 5.32 Å². The summed E-state index contributed by atoms with van der Waals surface area (Å²) in [7, 11) is 0. The Hall–Kier alpha value is -0.0800. The van der Waals surface area contributed by atoms with Crippen molar-refractivity contribution >= 4 is 0 Å². The molecule has 0 aromatic carbocycles. The molecule has 1 atom stereocenters. The van der Waals surface area contributed by atoms with E-state index in [-0.39, 0.29) is 0 Å². The maximum atomic E-state index is 5.78. The fraction of sp³-hybridized carbons (Fsp3) is 1.00. The monoisotopic (exact) mass is 253 g/mol. The molecule has 0 spiro atoms. The van der Waals surface area contributed by atoms with Crippen LogP contribution in [0.15, 0.2) is 0 Å². The summed E-state index contributed by atoms with van der Waals surface area (Å²) in [4.78, 5) is 0. The Morgan fingerprint density at radius 2 is 1.83 bits per heavy atom. The van der Waals surface area contributed by atoms with E-state index in [1.807, 2.05) is 0 Å². The number of rotatable bonds is 9. The van der Waals surface area contributed by atoms with Crippen molar-refractivity contribution in [2.75, 3.05) is 19.8 Å². The van der Waals surface area contributed by atoms with Gasteiger partial charge >= 0.3 is 0 Å². The maximum Gasteiger partial charge on any atom is 0.0488 e. The topological polar surface area (TPSA) is 21.3 Å². The summed E-state index contributed by atoms with van der Waals surface area (Å²) in [6.45, 7) is 7.58. The van der Waals surface area contributed by atoms with Gasteiger partial charge in [0.1, 0.15) is 0 Å². The molecule has 18 heavy (non-hydrogen) atoms. The molecule has 2 fully saturated rings. The fourth-order valence-corrected chi connectivity index (χ4v) is 3.09. The molecule has 2 rings (SSSR count). The molecular weight excluding hydrogens is 222 g/mol. The molecule has 0 aliphatic heterocycles. The molecular formula is C16H31NO. The third-order valence-electron chi connectivity index (χ3n) is 4.40. The normalized spacial score (nSPS) is 22.8. The zero-order valence-corrected chi connectivity index (χ0v) is 12.3. The van der Waals surface area contributed by atoms with Gasteiger partial charge in [0.2, 0.25) is 0 Å². The molecule has 2 heteroatoms. The predicted molar refractivity (Wildman–Crippen MR) is 76.7 cm³/mol. The van der Waals surface area contributed by atoms with Crippen molar-refractivity contribution < 1.29 is 4.74 Å². The van der Waals surface area contributed by atoms with Gasteiger partial charge in [0.25, 0.3) is 0 Å². The lowest BCUT2D eigenvalue weighted by atomic mass is 9.88. The summed E-state index contributed by atoms with van der Waals surface area (Å²) in [5.41, 5.74) is 0. The van der Waals surface area contributed by atoms with Crippen molar-refractivity contribution in [3.63, 3.8) is 0 Å². The highest BCUT2D eigenvalue weighted by Gasteiger charge is 2.27. The van der Waals surface area contributed by atoms with Gasteiger partial charge in [0.15, 0.2) is 0 Å². The minimum Gasteiger partial charge on any atom is -0.381 e. The van der Waals surface area contributed by atoms with Gasteiger partial charge in [0.05, 0.1) is 0 Å². The average Bonchev–Trinajstić information content (AvgIpc) is 3.01. The molecule has 0 amide bonds. The van der Waals surface area contributed by atoms with E-state index in [1.165, 1.54) is 51.5 Å². The standard InChI is InChI=1S/C16H31NO/c1-13(2)12-18-10-9-15(11-17-16-7-8-16)14-5-3-4-6-14/h13-17H,3-12H2,1-2H3. The van der Waals surface area contributed by atoms with Crippen LogP contribution in [0.25, 0.3) is 0 Å². The molecule has 0 radical (unpaired) electrons. The van der Waals surface area contributed by atoms with Crippen LogP contribution in [-0.4, -0.2) is 25.8 Å². The van der Waals surface area contributed by atoms with Crippen molar-refractivity contribution in [1.29, 1.82) is 0 Å². The highest BCUT2D eigenvalue weighted by molar-refractivity contribution is 4.84. The molecule has 2 nitrogen and oxygen atoms in total. The summed E-state index contributed by atoms with van der Waals surface area (Å²) < 4.78 is 5.78. The zero-order chi connectivity index (χ0) is 12.8.